The number of hydrogen-bond acceptors (Lipinski definition) is 5. The van der Waals surface area contributed by atoms with Crippen molar-refractivity contribution in [1.82, 2.24) is 9.80 Å². The molecule has 2 heterocycles. The van der Waals surface area contributed by atoms with E-state index in [0.29, 0.717) is 26.3 Å². The van der Waals surface area contributed by atoms with E-state index in [0.717, 1.165) is 11.3 Å². The summed E-state index contributed by atoms with van der Waals surface area (Å²) in [5, 5.41) is -0.280. The van der Waals surface area contributed by atoms with Crippen LogP contribution in [0.5, 0.6) is 5.75 Å². The van der Waals surface area contributed by atoms with Gasteiger partial charge in [-0.25, -0.2) is 0 Å². The lowest BCUT2D eigenvalue weighted by atomic mass is 10.2. The smallest absolute Gasteiger partial charge is 0.242 e. The van der Waals surface area contributed by atoms with Crippen LogP contribution in [0.25, 0.3) is 0 Å². The molecule has 0 aromatic heterocycles. The Labute approximate surface area is 146 Å². The van der Waals surface area contributed by atoms with Crippen LogP contribution in [0.2, 0.25) is 0 Å². The second-order valence-corrected chi connectivity index (χ2v) is 7.29. The summed E-state index contributed by atoms with van der Waals surface area (Å²) in [5.41, 5.74) is 1.01. The molecule has 2 fully saturated rings. The Hall–Kier alpha value is -1.73. The third kappa shape index (κ3) is 3.52. The number of rotatable bonds is 4. The van der Waals surface area contributed by atoms with Gasteiger partial charge in [-0.2, -0.15) is 0 Å². The van der Waals surface area contributed by atoms with Gasteiger partial charge >= 0.3 is 0 Å². The zero-order chi connectivity index (χ0) is 17.1. The first-order valence-electron chi connectivity index (χ1n) is 8.05. The Balaban J connectivity index is 1.74. The lowest BCUT2D eigenvalue weighted by molar-refractivity contribution is -0.142. The molecule has 1 aromatic carbocycles. The van der Waals surface area contributed by atoms with Gasteiger partial charge in [0, 0.05) is 13.1 Å². The molecule has 3 rings (SSSR count). The van der Waals surface area contributed by atoms with E-state index in [4.69, 9.17) is 9.47 Å². The molecule has 0 radical (unpaired) electrons. The van der Waals surface area contributed by atoms with Crippen LogP contribution in [0.15, 0.2) is 24.3 Å². The topological polar surface area (TPSA) is 59.1 Å². The minimum absolute atomic E-state index is 0.0140. The van der Waals surface area contributed by atoms with Gasteiger partial charge in [-0.1, -0.05) is 12.1 Å². The molecule has 130 valence electrons. The minimum Gasteiger partial charge on any atom is -0.497 e. The molecule has 1 aromatic rings. The zero-order valence-electron chi connectivity index (χ0n) is 13.9. The molecular formula is C17H22N2O4S. The third-order valence-electron chi connectivity index (χ3n) is 4.32. The highest BCUT2D eigenvalue weighted by Gasteiger charge is 2.40. The molecule has 0 aliphatic carbocycles. The van der Waals surface area contributed by atoms with E-state index in [9.17, 15) is 9.59 Å². The van der Waals surface area contributed by atoms with Gasteiger partial charge in [0.15, 0.2) is 0 Å². The van der Waals surface area contributed by atoms with Gasteiger partial charge in [-0.3, -0.25) is 9.59 Å². The van der Waals surface area contributed by atoms with Crippen LogP contribution >= 0.6 is 11.8 Å². The van der Waals surface area contributed by atoms with Crippen molar-refractivity contribution in [2.45, 2.75) is 17.5 Å². The molecular weight excluding hydrogens is 328 g/mol. The molecule has 24 heavy (non-hydrogen) atoms. The summed E-state index contributed by atoms with van der Waals surface area (Å²) >= 11 is 1.58. The molecule has 2 aliphatic heterocycles. The zero-order valence-corrected chi connectivity index (χ0v) is 14.8. The number of nitrogens with zero attached hydrogens (tertiary/aromatic N) is 2. The Morgan fingerprint density at radius 1 is 1.29 bits per heavy atom. The highest BCUT2D eigenvalue weighted by molar-refractivity contribution is 8.01. The molecule has 6 nitrogen and oxygen atoms in total. The van der Waals surface area contributed by atoms with E-state index in [-0.39, 0.29) is 29.0 Å². The Morgan fingerprint density at radius 3 is 2.58 bits per heavy atom. The van der Waals surface area contributed by atoms with E-state index in [2.05, 4.69) is 0 Å². The molecule has 0 spiro atoms. The summed E-state index contributed by atoms with van der Waals surface area (Å²) < 4.78 is 10.5. The van der Waals surface area contributed by atoms with Gasteiger partial charge < -0.3 is 19.3 Å². The van der Waals surface area contributed by atoms with E-state index < -0.39 is 0 Å². The average molecular weight is 350 g/mol. The van der Waals surface area contributed by atoms with Gasteiger partial charge in [-0.15, -0.1) is 11.8 Å². The van der Waals surface area contributed by atoms with Crippen molar-refractivity contribution in [3.05, 3.63) is 29.8 Å². The number of carbonyl (C=O) groups excluding carboxylic acids is 2. The van der Waals surface area contributed by atoms with Gasteiger partial charge in [0.2, 0.25) is 11.8 Å². The maximum Gasteiger partial charge on any atom is 0.242 e. The van der Waals surface area contributed by atoms with E-state index >= 15 is 0 Å². The maximum atomic E-state index is 12.5. The summed E-state index contributed by atoms with van der Waals surface area (Å²) in [5.74, 6) is 0.777. The average Bonchev–Trinajstić information content (AvgIpc) is 2.91. The van der Waals surface area contributed by atoms with Gasteiger partial charge in [0.1, 0.15) is 17.7 Å². The summed E-state index contributed by atoms with van der Waals surface area (Å²) in [7, 11) is 1.62. The molecule has 2 atom stereocenters. The Bertz CT molecular complexity index is 601. The number of hydrogen-bond donors (Lipinski definition) is 0. The molecule has 2 aliphatic rings. The first kappa shape index (κ1) is 17.1. The Kier molecular flexibility index (Phi) is 5.30. The van der Waals surface area contributed by atoms with Crippen LogP contribution in [0.3, 0.4) is 0 Å². The standard InChI is InChI=1S/C17H22N2O4S/c1-12-16(21)19(11-15(20)18-7-9-23-10-8-18)17(24-12)13-3-5-14(22-2)6-4-13/h3-6,12,17H,7-11H2,1-2H3. The summed E-state index contributed by atoms with van der Waals surface area (Å²) in [6, 6.07) is 7.67. The minimum atomic E-state index is -0.144. The number of morpholine rings is 1. The highest BCUT2D eigenvalue weighted by Crippen LogP contribution is 2.43. The normalized spacial score (nSPS) is 24.3. The van der Waals surface area contributed by atoms with Crippen molar-refractivity contribution < 1.29 is 19.1 Å². The van der Waals surface area contributed by atoms with Gasteiger partial charge in [-0.05, 0) is 24.6 Å². The summed E-state index contributed by atoms with van der Waals surface area (Å²) in [6.07, 6.45) is 0. The van der Waals surface area contributed by atoms with Crippen LogP contribution in [0, 0.1) is 0 Å². The van der Waals surface area contributed by atoms with E-state index in [1.165, 1.54) is 0 Å². The molecule has 2 amide bonds. The number of thioether (sulfide) groups is 1. The fraction of sp³-hybridized carbons (Fsp3) is 0.529. The second-order valence-electron chi connectivity index (χ2n) is 5.86. The highest BCUT2D eigenvalue weighted by atomic mass is 32.2. The van der Waals surface area contributed by atoms with Crippen molar-refractivity contribution in [1.29, 1.82) is 0 Å². The number of carbonyl (C=O) groups is 2. The monoisotopic (exact) mass is 350 g/mol. The van der Waals surface area contributed by atoms with Crippen molar-refractivity contribution in [3.8, 4) is 5.75 Å². The number of ether oxygens (including phenoxy) is 2. The van der Waals surface area contributed by atoms with Gasteiger partial charge in [0.25, 0.3) is 0 Å². The second kappa shape index (κ2) is 7.44. The van der Waals surface area contributed by atoms with Crippen molar-refractivity contribution >= 4 is 23.6 Å². The van der Waals surface area contributed by atoms with Crippen LogP contribution in [0.1, 0.15) is 17.9 Å². The lowest BCUT2D eigenvalue weighted by Gasteiger charge is -2.30. The first-order valence-corrected chi connectivity index (χ1v) is 9.00. The molecule has 7 heteroatoms. The van der Waals surface area contributed by atoms with Crippen LogP contribution < -0.4 is 4.74 Å². The van der Waals surface area contributed by atoms with Gasteiger partial charge in [0.05, 0.1) is 25.6 Å². The molecule has 0 saturated carbocycles. The number of methoxy groups -OCH3 is 1. The summed E-state index contributed by atoms with van der Waals surface area (Å²) in [6.45, 7) is 4.32. The summed E-state index contributed by atoms with van der Waals surface area (Å²) in [4.78, 5) is 28.5. The van der Waals surface area contributed by atoms with Crippen molar-refractivity contribution in [2.24, 2.45) is 0 Å². The molecule has 2 saturated heterocycles. The van der Waals surface area contributed by atoms with Crippen LogP contribution in [-0.4, -0.2) is 66.8 Å². The van der Waals surface area contributed by atoms with Crippen molar-refractivity contribution in [3.63, 3.8) is 0 Å². The fourth-order valence-electron chi connectivity index (χ4n) is 2.92. The van der Waals surface area contributed by atoms with E-state index in [1.54, 1.807) is 28.7 Å². The van der Waals surface area contributed by atoms with Crippen LogP contribution in [-0.2, 0) is 14.3 Å². The van der Waals surface area contributed by atoms with Crippen molar-refractivity contribution in [2.75, 3.05) is 40.0 Å². The quantitative estimate of drug-likeness (QED) is 0.824. The lowest BCUT2D eigenvalue weighted by Crippen LogP contribution is -2.46. The SMILES string of the molecule is COc1ccc(C2SC(C)C(=O)N2CC(=O)N2CCOCC2)cc1. The third-order valence-corrected chi connectivity index (χ3v) is 5.71. The maximum absolute atomic E-state index is 12.5. The van der Waals surface area contributed by atoms with Crippen LogP contribution in [0.4, 0.5) is 0 Å². The predicted octanol–water partition coefficient (Wildman–Crippen LogP) is 1.52. The fourth-order valence-corrected chi connectivity index (χ4v) is 4.20. The molecule has 0 bridgehead atoms. The molecule has 2 unspecified atom stereocenters. The number of benzene rings is 1. The predicted molar refractivity (Wildman–Crippen MR) is 91.9 cm³/mol. The largest absolute Gasteiger partial charge is 0.497 e. The number of amides is 2. The van der Waals surface area contributed by atoms with E-state index in [1.807, 2.05) is 31.2 Å². The first-order chi connectivity index (χ1) is 11.6. The Morgan fingerprint density at radius 2 is 1.96 bits per heavy atom. The molecule has 0 N–H and O–H groups in total.